The van der Waals surface area contributed by atoms with Gasteiger partial charge in [0.15, 0.2) is 0 Å². The van der Waals surface area contributed by atoms with Crippen molar-refractivity contribution in [2.75, 3.05) is 33.3 Å². The number of nitrogens with zero attached hydrogens (tertiary/aromatic N) is 2. The van der Waals surface area contributed by atoms with Crippen LogP contribution >= 0.6 is 0 Å². The van der Waals surface area contributed by atoms with Gasteiger partial charge < -0.3 is 9.15 Å². The number of ether oxygens (including phenoxy) is 1. The quantitative estimate of drug-likeness (QED) is 0.546. The molecule has 31 heavy (non-hydrogen) atoms. The molecule has 164 valence electrons. The fraction of sp³-hybridized carbons (Fsp3) is 0.348. The van der Waals surface area contributed by atoms with Crippen LogP contribution in [0.1, 0.15) is 18.1 Å². The summed E-state index contributed by atoms with van der Waals surface area (Å²) in [6.45, 7) is 4.60. The van der Waals surface area contributed by atoms with E-state index in [1.165, 1.54) is 10.4 Å². The summed E-state index contributed by atoms with van der Waals surface area (Å²) in [5, 5.41) is 0.921. The van der Waals surface area contributed by atoms with E-state index < -0.39 is 10.0 Å². The summed E-state index contributed by atoms with van der Waals surface area (Å²) < 4.78 is 37.9. The van der Waals surface area contributed by atoms with Crippen molar-refractivity contribution in [1.82, 2.24) is 9.21 Å². The van der Waals surface area contributed by atoms with Gasteiger partial charge in [0.2, 0.25) is 10.0 Å². The molecule has 0 N–H and O–H groups in total. The van der Waals surface area contributed by atoms with Crippen LogP contribution in [0.4, 0.5) is 0 Å². The molecule has 1 fully saturated rings. The van der Waals surface area contributed by atoms with Gasteiger partial charge in [0, 0.05) is 44.2 Å². The molecule has 1 aliphatic heterocycles. The van der Waals surface area contributed by atoms with Crippen LogP contribution in [0.3, 0.4) is 0 Å². The van der Waals surface area contributed by atoms with Crippen molar-refractivity contribution in [2.24, 2.45) is 0 Å². The number of rotatable bonds is 6. The maximum atomic E-state index is 12.9. The third kappa shape index (κ3) is 4.51. The van der Waals surface area contributed by atoms with Gasteiger partial charge in [-0.25, -0.2) is 13.2 Å². The Kier molecular flexibility index (Phi) is 6.13. The van der Waals surface area contributed by atoms with Crippen molar-refractivity contribution in [3.8, 4) is 5.75 Å². The summed E-state index contributed by atoms with van der Waals surface area (Å²) in [6, 6.07) is 13.9. The fourth-order valence-electron chi connectivity index (χ4n) is 3.89. The summed E-state index contributed by atoms with van der Waals surface area (Å²) >= 11 is 0. The van der Waals surface area contributed by atoms with Crippen LogP contribution in [0.25, 0.3) is 11.0 Å². The van der Waals surface area contributed by atoms with Gasteiger partial charge in [0.25, 0.3) is 0 Å². The lowest BCUT2D eigenvalue weighted by molar-refractivity contribution is 0.182. The van der Waals surface area contributed by atoms with Crippen molar-refractivity contribution in [1.29, 1.82) is 0 Å². The highest BCUT2D eigenvalue weighted by Crippen LogP contribution is 2.23. The monoisotopic (exact) mass is 442 g/mol. The van der Waals surface area contributed by atoms with Crippen LogP contribution in [-0.2, 0) is 23.0 Å². The molecule has 7 nitrogen and oxygen atoms in total. The van der Waals surface area contributed by atoms with Gasteiger partial charge in [-0.1, -0.05) is 19.1 Å². The highest BCUT2D eigenvalue weighted by atomic mass is 32.2. The Bertz CT molecular complexity index is 1230. The number of benzene rings is 2. The molecule has 0 amide bonds. The largest absolute Gasteiger partial charge is 0.497 e. The zero-order valence-electron chi connectivity index (χ0n) is 17.7. The predicted octanol–water partition coefficient (Wildman–Crippen LogP) is 2.87. The molecule has 2 aromatic carbocycles. The number of aryl methyl sites for hydroxylation is 1. The Hall–Kier alpha value is -2.68. The Morgan fingerprint density at radius 2 is 1.71 bits per heavy atom. The molecule has 0 spiro atoms. The molecular weight excluding hydrogens is 416 g/mol. The number of fused-ring (bicyclic) bond motifs is 1. The van der Waals surface area contributed by atoms with Crippen molar-refractivity contribution >= 4 is 21.0 Å². The van der Waals surface area contributed by atoms with E-state index in [0.717, 1.165) is 22.9 Å². The third-order valence-electron chi connectivity index (χ3n) is 5.73. The van der Waals surface area contributed by atoms with Gasteiger partial charge >= 0.3 is 5.63 Å². The first-order chi connectivity index (χ1) is 14.9. The van der Waals surface area contributed by atoms with E-state index >= 15 is 0 Å². The van der Waals surface area contributed by atoms with Crippen molar-refractivity contribution in [2.45, 2.75) is 24.8 Å². The van der Waals surface area contributed by atoms with E-state index in [1.54, 1.807) is 31.4 Å². The first kappa shape index (κ1) is 21.5. The van der Waals surface area contributed by atoms with Crippen LogP contribution in [0.15, 0.2) is 62.6 Å². The van der Waals surface area contributed by atoms with E-state index in [4.69, 9.17) is 9.15 Å². The number of piperazine rings is 1. The van der Waals surface area contributed by atoms with Crippen LogP contribution in [0, 0.1) is 0 Å². The lowest BCUT2D eigenvalue weighted by Gasteiger charge is -2.34. The van der Waals surface area contributed by atoms with Gasteiger partial charge in [0.05, 0.1) is 12.0 Å². The lowest BCUT2D eigenvalue weighted by Crippen LogP contribution is -2.48. The SMILES string of the molecule is CCc1ccc2c(CN3CCN(S(=O)(=O)c4ccc(OC)cc4)CC3)cc(=O)oc2c1. The second-order valence-corrected chi connectivity index (χ2v) is 9.57. The van der Waals surface area contributed by atoms with E-state index in [9.17, 15) is 13.2 Å². The van der Waals surface area contributed by atoms with E-state index in [0.29, 0.717) is 44.1 Å². The summed E-state index contributed by atoms with van der Waals surface area (Å²) in [7, 11) is -2.00. The van der Waals surface area contributed by atoms with Crippen molar-refractivity contribution in [3.63, 3.8) is 0 Å². The topological polar surface area (TPSA) is 80.1 Å². The van der Waals surface area contributed by atoms with Crippen molar-refractivity contribution in [3.05, 3.63) is 70.1 Å². The molecule has 0 atom stereocenters. The normalized spacial score (nSPS) is 15.9. The molecule has 0 unspecified atom stereocenters. The van der Waals surface area contributed by atoms with Crippen LogP contribution < -0.4 is 10.4 Å². The van der Waals surface area contributed by atoms with E-state index in [-0.39, 0.29) is 10.5 Å². The molecule has 1 saturated heterocycles. The van der Waals surface area contributed by atoms with E-state index in [2.05, 4.69) is 11.8 Å². The zero-order valence-corrected chi connectivity index (χ0v) is 18.5. The molecule has 3 aromatic rings. The number of hydrogen-bond donors (Lipinski definition) is 0. The molecule has 8 heteroatoms. The minimum absolute atomic E-state index is 0.264. The second kappa shape index (κ2) is 8.82. The number of methoxy groups -OCH3 is 1. The maximum Gasteiger partial charge on any atom is 0.336 e. The molecule has 1 aliphatic rings. The number of hydrogen-bond acceptors (Lipinski definition) is 6. The van der Waals surface area contributed by atoms with Gasteiger partial charge in [-0.15, -0.1) is 0 Å². The van der Waals surface area contributed by atoms with Gasteiger partial charge in [-0.3, -0.25) is 4.90 Å². The second-order valence-electron chi connectivity index (χ2n) is 7.63. The fourth-order valence-corrected chi connectivity index (χ4v) is 5.31. The van der Waals surface area contributed by atoms with Gasteiger partial charge in [0.1, 0.15) is 11.3 Å². The summed E-state index contributed by atoms with van der Waals surface area (Å²) in [5.41, 5.74) is 2.25. The molecule has 0 saturated carbocycles. The zero-order chi connectivity index (χ0) is 22.0. The average Bonchev–Trinajstić information content (AvgIpc) is 2.79. The molecular formula is C23H26N2O5S. The summed E-state index contributed by atoms with van der Waals surface area (Å²) in [6.07, 6.45) is 0.870. The number of sulfonamides is 1. The molecule has 0 radical (unpaired) electrons. The molecule has 0 bridgehead atoms. The standard InChI is InChI=1S/C23H26N2O5S/c1-3-17-4-9-21-18(15-23(26)30-22(21)14-17)16-24-10-12-25(13-11-24)31(27,28)20-7-5-19(29-2)6-8-20/h4-9,14-15H,3,10-13,16H2,1-2H3. The lowest BCUT2D eigenvalue weighted by atomic mass is 10.1. The Labute approximate surface area is 181 Å². The third-order valence-corrected chi connectivity index (χ3v) is 7.64. The molecule has 4 rings (SSSR count). The first-order valence-electron chi connectivity index (χ1n) is 10.3. The molecule has 0 aliphatic carbocycles. The summed E-state index contributed by atoms with van der Waals surface area (Å²) in [4.78, 5) is 14.5. The average molecular weight is 443 g/mol. The van der Waals surface area contributed by atoms with Gasteiger partial charge in [-0.05, 0) is 47.9 Å². The van der Waals surface area contributed by atoms with Crippen LogP contribution in [-0.4, -0.2) is 50.9 Å². The highest BCUT2D eigenvalue weighted by molar-refractivity contribution is 7.89. The van der Waals surface area contributed by atoms with Crippen LogP contribution in [0.5, 0.6) is 5.75 Å². The Morgan fingerprint density at radius 1 is 1.00 bits per heavy atom. The summed E-state index contributed by atoms with van der Waals surface area (Å²) in [5.74, 6) is 0.620. The Morgan fingerprint density at radius 3 is 2.35 bits per heavy atom. The van der Waals surface area contributed by atoms with Crippen molar-refractivity contribution < 1.29 is 17.6 Å². The van der Waals surface area contributed by atoms with Crippen LogP contribution in [0.2, 0.25) is 0 Å². The maximum absolute atomic E-state index is 12.9. The Balaban J connectivity index is 1.47. The smallest absolute Gasteiger partial charge is 0.336 e. The molecule has 2 heterocycles. The highest BCUT2D eigenvalue weighted by Gasteiger charge is 2.28. The first-order valence-corrected chi connectivity index (χ1v) is 11.8. The minimum Gasteiger partial charge on any atom is -0.497 e. The predicted molar refractivity (Wildman–Crippen MR) is 119 cm³/mol. The minimum atomic E-state index is -3.55. The van der Waals surface area contributed by atoms with E-state index in [1.807, 2.05) is 18.2 Å². The van der Waals surface area contributed by atoms with Gasteiger partial charge in [-0.2, -0.15) is 4.31 Å². The molecule has 1 aromatic heterocycles.